The van der Waals surface area contributed by atoms with Crippen molar-refractivity contribution in [3.05, 3.63) is 38.9 Å². The summed E-state index contributed by atoms with van der Waals surface area (Å²) in [4.78, 5) is 1.11. The molecule has 1 aliphatic heterocycles. The van der Waals surface area contributed by atoms with E-state index in [0.29, 0.717) is 15.1 Å². The lowest BCUT2D eigenvalue weighted by atomic mass is 10.2. The first kappa shape index (κ1) is 13.6. The summed E-state index contributed by atoms with van der Waals surface area (Å²) in [5.74, 6) is 0. The van der Waals surface area contributed by atoms with Gasteiger partial charge in [-0.25, -0.2) is 8.42 Å². The fourth-order valence-electron chi connectivity index (χ4n) is 2.34. The van der Waals surface area contributed by atoms with E-state index in [1.165, 1.54) is 0 Å². The van der Waals surface area contributed by atoms with Crippen LogP contribution in [0.1, 0.15) is 23.8 Å². The molecule has 1 fully saturated rings. The van der Waals surface area contributed by atoms with E-state index < -0.39 is 10.0 Å². The van der Waals surface area contributed by atoms with Crippen molar-refractivity contribution < 1.29 is 8.42 Å². The second kappa shape index (κ2) is 5.18. The molecule has 102 valence electrons. The van der Waals surface area contributed by atoms with Crippen LogP contribution in [-0.2, 0) is 10.0 Å². The number of sulfonamides is 1. The molecule has 1 saturated heterocycles. The molecule has 0 aliphatic carbocycles. The van der Waals surface area contributed by atoms with Crippen LogP contribution in [0.25, 0.3) is 0 Å². The summed E-state index contributed by atoms with van der Waals surface area (Å²) in [5, 5.41) is 1.99. The van der Waals surface area contributed by atoms with Crippen LogP contribution in [-0.4, -0.2) is 19.3 Å². The maximum atomic E-state index is 12.6. The second-order valence-corrected chi connectivity index (χ2v) is 9.16. The molecule has 0 radical (unpaired) electrons. The van der Waals surface area contributed by atoms with Gasteiger partial charge in [-0.2, -0.15) is 4.31 Å². The van der Waals surface area contributed by atoms with Gasteiger partial charge in [-0.15, -0.1) is 22.7 Å². The van der Waals surface area contributed by atoms with Crippen LogP contribution in [0.5, 0.6) is 0 Å². The van der Waals surface area contributed by atoms with Crippen LogP contribution in [0.4, 0.5) is 0 Å². The first-order valence-corrected chi connectivity index (χ1v) is 9.41. The predicted octanol–water partition coefficient (Wildman–Crippen LogP) is 3.99. The molecule has 2 aromatic heterocycles. The van der Waals surface area contributed by atoms with Crippen molar-refractivity contribution in [2.24, 2.45) is 0 Å². The predicted molar refractivity (Wildman–Crippen MR) is 79.5 cm³/mol. The molecule has 2 aromatic rings. The third-order valence-corrected chi connectivity index (χ3v) is 7.77. The third-order valence-electron chi connectivity index (χ3n) is 3.19. The molecular formula is C12H12ClNO2S3. The van der Waals surface area contributed by atoms with Gasteiger partial charge < -0.3 is 0 Å². The summed E-state index contributed by atoms with van der Waals surface area (Å²) in [6.45, 7) is 0.584. The molecule has 19 heavy (non-hydrogen) atoms. The van der Waals surface area contributed by atoms with E-state index in [-0.39, 0.29) is 6.04 Å². The monoisotopic (exact) mass is 333 g/mol. The van der Waals surface area contributed by atoms with Crippen LogP contribution in [0.3, 0.4) is 0 Å². The zero-order valence-electron chi connectivity index (χ0n) is 9.95. The van der Waals surface area contributed by atoms with E-state index in [1.807, 2.05) is 17.5 Å². The Hall–Kier alpha value is -0.400. The average Bonchev–Trinajstić information content (AvgIpc) is 3.09. The van der Waals surface area contributed by atoms with Crippen LogP contribution in [0.2, 0.25) is 4.34 Å². The summed E-state index contributed by atoms with van der Waals surface area (Å²) < 4.78 is 27.7. The molecule has 1 aliphatic rings. The Morgan fingerprint density at radius 3 is 2.79 bits per heavy atom. The Morgan fingerprint density at radius 1 is 1.32 bits per heavy atom. The molecule has 3 rings (SSSR count). The normalized spacial score (nSPS) is 21.0. The Kier molecular flexibility index (Phi) is 3.70. The highest BCUT2D eigenvalue weighted by atomic mass is 35.5. The highest BCUT2D eigenvalue weighted by molar-refractivity contribution is 7.91. The van der Waals surface area contributed by atoms with Gasteiger partial charge in [-0.1, -0.05) is 17.7 Å². The molecular weight excluding hydrogens is 322 g/mol. The second-order valence-electron chi connectivity index (χ2n) is 4.35. The molecule has 0 unspecified atom stereocenters. The van der Waals surface area contributed by atoms with Crippen molar-refractivity contribution in [1.29, 1.82) is 0 Å². The molecule has 1 atom stereocenters. The molecule has 0 saturated carbocycles. The van der Waals surface area contributed by atoms with Gasteiger partial charge in [0, 0.05) is 11.4 Å². The Balaban J connectivity index is 1.96. The summed E-state index contributed by atoms with van der Waals surface area (Å²) in [5.41, 5.74) is 0. The summed E-state index contributed by atoms with van der Waals surface area (Å²) in [7, 11) is -3.42. The van der Waals surface area contributed by atoms with Gasteiger partial charge in [0.05, 0.1) is 10.4 Å². The molecule has 3 heterocycles. The van der Waals surface area contributed by atoms with Crippen LogP contribution >= 0.6 is 34.3 Å². The van der Waals surface area contributed by atoms with E-state index in [9.17, 15) is 8.42 Å². The van der Waals surface area contributed by atoms with Gasteiger partial charge in [0.15, 0.2) is 0 Å². The lowest BCUT2D eigenvalue weighted by molar-refractivity contribution is 0.402. The third kappa shape index (κ3) is 2.48. The topological polar surface area (TPSA) is 37.4 Å². The SMILES string of the molecule is O=S(=O)(c1ccc(Cl)s1)N1CCC[C@H]1c1cccs1. The first-order valence-electron chi connectivity index (χ1n) is 5.89. The first-order chi connectivity index (χ1) is 9.09. The molecule has 0 amide bonds. The molecule has 0 aromatic carbocycles. The fraction of sp³-hybridized carbons (Fsp3) is 0.333. The highest BCUT2D eigenvalue weighted by Crippen LogP contribution is 2.40. The Morgan fingerprint density at radius 2 is 2.16 bits per heavy atom. The largest absolute Gasteiger partial charge is 0.253 e. The molecule has 0 N–H and O–H groups in total. The lowest BCUT2D eigenvalue weighted by Gasteiger charge is -2.22. The molecule has 3 nitrogen and oxygen atoms in total. The minimum atomic E-state index is -3.42. The van der Waals surface area contributed by atoms with Gasteiger partial charge in [0.1, 0.15) is 4.21 Å². The Bertz CT molecular complexity index is 663. The number of nitrogens with zero attached hydrogens (tertiary/aromatic N) is 1. The van der Waals surface area contributed by atoms with Gasteiger partial charge >= 0.3 is 0 Å². The zero-order valence-corrected chi connectivity index (χ0v) is 13.2. The maximum Gasteiger partial charge on any atom is 0.253 e. The number of thiophene rings is 2. The van der Waals surface area contributed by atoms with Gasteiger partial charge in [-0.05, 0) is 36.4 Å². The van der Waals surface area contributed by atoms with Gasteiger partial charge in [0.25, 0.3) is 10.0 Å². The van der Waals surface area contributed by atoms with Crippen molar-refractivity contribution in [3.63, 3.8) is 0 Å². The average molecular weight is 334 g/mol. The van der Waals surface area contributed by atoms with Crippen LogP contribution in [0.15, 0.2) is 33.9 Å². The smallest absolute Gasteiger partial charge is 0.206 e. The minimum Gasteiger partial charge on any atom is -0.206 e. The van der Waals surface area contributed by atoms with Crippen LogP contribution < -0.4 is 0 Å². The van der Waals surface area contributed by atoms with Gasteiger partial charge in [-0.3, -0.25) is 0 Å². The number of hydrogen-bond donors (Lipinski definition) is 0. The van der Waals surface area contributed by atoms with Crippen LogP contribution in [0, 0.1) is 0 Å². The standard InChI is InChI=1S/C12H12ClNO2S3/c13-11-5-6-12(18-11)19(15,16)14-7-1-3-9(14)10-4-2-8-17-10/h2,4-6,8-9H,1,3,7H2/t9-/m0/s1. The summed E-state index contributed by atoms with van der Waals surface area (Å²) in [6.07, 6.45) is 1.79. The molecule has 0 bridgehead atoms. The Labute approximate surface area is 125 Å². The number of rotatable bonds is 3. The van der Waals surface area contributed by atoms with E-state index in [1.54, 1.807) is 27.8 Å². The molecule has 7 heteroatoms. The van der Waals surface area contributed by atoms with Crippen molar-refractivity contribution in [2.45, 2.75) is 23.1 Å². The van der Waals surface area contributed by atoms with Crippen molar-refractivity contribution in [1.82, 2.24) is 4.31 Å². The van der Waals surface area contributed by atoms with Crippen molar-refractivity contribution >= 4 is 44.3 Å². The van der Waals surface area contributed by atoms with E-state index in [2.05, 4.69) is 0 Å². The highest BCUT2D eigenvalue weighted by Gasteiger charge is 2.37. The lowest BCUT2D eigenvalue weighted by Crippen LogP contribution is -2.29. The van der Waals surface area contributed by atoms with E-state index in [0.717, 1.165) is 29.1 Å². The molecule has 0 spiro atoms. The summed E-state index contributed by atoms with van der Waals surface area (Å²) in [6, 6.07) is 7.17. The number of halogens is 1. The quantitative estimate of drug-likeness (QED) is 0.851. The van der Waals surface area contributed by atoms with Gasteiger partial charge in [0.2, 0.25) is 0 Å². The van der Waals surface area contributed by atoms with Crippen molar-refractivity contribution in [3.8, 4) is 0 Å². The maximum absolute atomic E-state index is 12.6. The fourth-order valence-corrected chi connectivity index (χ4v) is 6.57. The summed E-state index contributed by atoms with van der Waals surface area (Å²) >= 11 is 8.58. The zero-order chi connectivity index (χ0) is 13.5. The van der Waals surface area contributed by atoms with Crippen molar-refractivity contribution in [2.75, 3.05) is 6.54 Å². The minimum absolute atomic E-state index is 0.0223. The van der Waals surface area contributed by atoms with E-state index >= 15 is 0 Å². The number of hydrogen-bond acceptors (Lipinski definition) is 4. The van der Waals surface area contributed by atoms with E-state index in [4.69, 9.17) is 11.6 Å².